The highest BCUT2D eigenvalue weighted by Gasteiger charge is 2.57. The van der Waals surface area contributed by atoms with Crippen LogP contribution in [-0.2, 0) is 4.79 Å². The Labute approximate surface area is 150 Å². The molecule has 0 spiro atoms. The number of hydrogen-bond acceptors (Lipinski definition) is 4. The first kappa shape index (κ1) is 20.2. The highest BCUT2D eigenvalue weighted by molar-refractivity contribution is 5.94. The molecular weight excluding hydrogens is 349 g/mol. The van der Waals surface area contributed by atoms with Crippen molar-refractivity contribution in [2.24, 2.45) is 10.5 Å². The fraction of sp³-hybridized carbons (Fsp3) is 0.556. The zero-order chi connectivity index (χ0) is 19.9. The summed E-state index contributed by atoms with van der Waals surface area (Å²) in [5.74, 6) is -0.431. The number of amides is 1. The highest BCUT2D eigenvalue weighted by atomic mass is 19.4. The number of carbonyl (C=O) groups excluding carboxylic acids is 1. The molecule has 8 heteroatoms. The molecule has 1 N–H and O–H groups in total. The molecule has 0 bridgehead atoms. The predicted octanol–water partition coefficient (Wildman–Crippen LogP) is 3.57. The molecule has 26 heavy (non-hydrogen) atoms. The number of hydrazone groups is 1. The van der Waals surface area contributed by atoms with Crippen LogP contribution in [0.3, 0.4) is 0 Å². The Morgan fingerprint density at radius 2 is 1.88 bits per heavy atom. The normalized spacial score (nSPS) is 21.0. The van der Waals surface area contributed by atoms with Gasteiger partial charge in [0.2, 0.25) is 0 Å². The summed E-state index contributed by atoms with van der Waals surface area (Å²) in [4.78, 5) is 12.5. The second-order valence-corrected chi connectivity index (χ2v) is 7.53. The Kier molecular flexibility index (Phi) is 5.11. The second-order valence-electron chi connectivity index (χ2n) is 7.53. The van der Waals surface area contributed by atoms with Gasteiger partial charge in [-0.3, -0.25) is 4.79 Å². The van der Waals surface area contributed by atoms with Gasteiger partial charge in [0.15, 0.2) is 12.3 Å². The van der Waals surface area contributed by atoms with Crippen LogP contribution in [0, 0.1) is 19.3 Å². The van der Waals surface area contributed by atoms with E-state index in [-0.39, 0.29) is 0 Å². The quantitative estimate of drug-likeness (QED) is 0.882. The molecule has 1 aromatic rings. The third-order valence-corrected chi connectivity index (χ3v) is 4.59. The zero-order valence-corrected chi connectivity index (χ0v) is 15.4. The SMILES string of the molecule is Cc1ccc(OCC(=O)N2N=C(C(F)(F)F)C[C@]2(O)C(C)(C)C)cc1C. The Morgan fingerprint density at radius 1 is 1.27 bits per heavy atom. The maximum absolute atomic E-state index is 13.1. The Hall–Kier alpha value is -2.09. The molecule has 1 amide bonds. The van der Waals surface area contributed by atoms with Gasteiger partial charge in [0.05, 0.1) is 0 Å². The van der Waals surface area contributed by atoms with Crippen molar-refractivity contribution in [1.29, 1.82) is 0 Å². The largest absolute Gasteiger partial charge is 0.484 e. The summed E-state index contributed by atoms with van der Waals surface area (Å²) < 4.78 is 44.5. The number of carbonyl (C=O) groups is 1. The summed E-state index contributed by atoms with van der Waals surface area (Å²) in [5.41, 5.74) is -2.31. The first-order valence-electron chi connectivity index (χ1n) is 8.16. The molecule has 0 saturated carbocycles. The van der Waals surface area contributed by atoms with E-state index < -0.39 is 42.0 Å². The standard InChI is InChI=1S/C18H23F3N2O3/c1-11-6-7-13(8-12(11)2)26-10-15(24)23-17(25,16(3,4)5)9-14(22-23)18(19,20)21/h6-8,25H,9-10H2,1-5H3/t17-/m0/s1. The molecule has 5 nitrogen and oxygen atoms in total. The number of aryl methyl sites for hydroxylation is 2. The van der Waals surface area contributed by atoms with E-state index in [9.17, 15) is 23.1 Å². The van der Waals surface area contributed by atoms with E-state index in [4.69, 9.17) is 4.74 Å². The number of ether oxygens (including phenoxy) is 1. The molecular formula is C18H23F3N2O3. The lowest BCUT2D eigenvalue weighted by Crippen LogP contribution is -2.56. The molecule has 2 rings (SSSR count). The van der Waals surface area contributed by atoms with Gasteiger partial charge < -0.3 is 9.84 Å². The molecule has 144 valence electrons. The van der Waals surface area contributed by atoms with Gasteiger partial charge in [0.25, 0.3) is 5.91 Å². The fourth-order valence-corrected chi connectivity index (χ4v) is 2.56. The average molecular weight is 372 g/mol. The van der Waals surface area contributed by atoms with E-state index in [0.29, 0.717) is 10.8 Å². The zero-order valence-electron chi connectivity index (χ0n) is 15.4. The van der Waals surface area contributed by atoms with Gasteiger partial charge in [0.1, 0.15) is 11.5 Å². The van der Waals surface area contributed by atoms with Gasteiger partial charge >= 0.3 is 6.18 Å². The Balaban J connectivity index is 2.22. The van der Waals surface area contributed by atoms with Crippen molar-refractivity contribution < 1.29 is 27.8 Å². The van der Waals surface area contributed by atoms with E-state index in [2.05, 4.69) is 5.10 Å². The van der Waals surface area contributed by atoms with E-state index in [1.807, 2.05) is 19.9 Å². The number of aliphatic hydroxyl groups is 1. The van der Waals surface area contributed by atoms with Crippen LogP contribution in [0.25, 0.3) is 0 Å². The first-order valence-corrected chi connectivity index (χ1v) is 8.16. The average Bonchev–Trinajstić information content (AvgIpc) is 2.87. The van der Waals surface area contributed by atoms with Crippen molar-refractivity contribution in [2.75, 3.05) is 6.61 Å². The summed E-state index contributed by atoms with van der Waals surface area (Å²) in [6.45, 7) is 7.91. The third kappa shape index (κ3) is 3.85. The molecule has 0 aliphatic carbocycles. The van der Waals surface area contributed by atoms with E-state index in [1.54, 1.807) is 32.9 Å². The molecule has 1 aromatic carbocycles. The lowest BCUT2D eigenvalue weighted by Gasteiger charge is -2.41. The van der Waals surface area contributed by atoms with Gasteiger partial charge in [-0.2, -0.15) is 23.3 Å². The number of rotatable bonds is 3. The number of hydrogen-bond donors (Lipinski definition) is 1. The van der Waals surface area contributed by atoms with Crippen LogP contribution < -0.4 is 4.74 Å². The van der Waals surface area contributed by atoms with Crippen LogP contribution in [0.5, 0.6) is 5.75 Å². The summed E-state index contributed by atoms with van der Waals surface area (Å²) in [7, 11) is 0. The number of benzene rings is 1. The van der Waals surface area contributed by atoms with Crippen LogP contribution >= 0.6 is 0 Å². The van der Waals surface area contributed by atoms with Crippen LogP contribution in [-0.4, -0.2) is 40.2 Å². The minimum atomic E-state index is -4.72. The summed E-state index contributed by atoms with van der Waals surface area (Å²) >= 11 is 0. The Bertz CT molecular complexity index is 738. The Morgan fingerprint density at radius 3 is 2.38 bits per heavy atom. The minimum absolute atomic E-state index is 0.417. The minimum Gasteiger partial charge on any atom is -0.484 e. The summed E-state index contributed by atoms with van der Waals surface area (Å²) in [5, 5.41) is 14.7. The molecule has 1 atom stereocenters. The van der Waals surface area contributed by atoms with E-state index >= 15 is 0 Å². The third-order valence-electron chi connectivity index (χ3n) is 4.59. The van der Waals surface area contributed by atoms with Crippen molar-refractivity contribution in [3.63, 3.8) is 0 Å². The van der Waals surface area contributed by atoms with Crippen molar-refractivity contribution in [3.05, 3.63) is 29.3 Å². The number of nitrogens with zero attached hydrogens (tertiary/aromatic N) is 2. The van der Waals surface area contributed by atoms with Gasteiger partial charge in [-0.1, -0.05) is 26.8 Å². The smallest absolute Gasteiger partial charge is 0.431 e. The summed E-state index contributed by atoms with van der Waals surface area (Å²) in [6, 6.07) is 5.21. The lowest BCUT2D eigenvalue weighted by molar-refractivity contribution is -0.183. The predicted molar refractivity (Wildman–Crippen MR) is 90.8 cm³/mol. The van der Waals surface area contributed by atoms with Gasteiger partial charge in [-0.15, -0.1) is 0 Å². The van der Waals surface area contributed by atoms with Crippen LogP contribution in [0.2, 0.25) is 0 Å². The van der Waals surface area contributed by atoms with Crippen LogP contribution in [0.4, 0.5) is 13.2 Å². The van der Waals surface area contributed by atoms with Gasteiger partial charge in [-0.05, 0) is 37.1 Å². The topological polar surface area (TPSA) is 62.1 Å². The van der Waals surface area contributed by atoms with E-state index in [1.165, 1.54) is 0 Å². The molecule has 0 radical (unpaired) electrons. The number of halogens is 3. The molecule has 0 fully saturated rings. The highest BCUT2D eigenvalue weighted by Crippen LogP contribution is 2.43. The molecule has 1 aliphatic heterocycles. The van der Waals surface area contributed by atoms with Gasteiger partial charge in [0, 0.05) is 11.8 Å². The van der Waals surface area contributed by atoms with Crippen molar-refractivity contribution in [1.82, 2.24) is 5.01 Å². The number of alkyl halides is 3. The maximum atomic E-state index is 13.1. The summed E-state index contributed by atoms with van der Waals surface area (Å²) in [6.07, 6.45) is -5.50. The maximum Gasteiger partial charge on any atom is 0.431 e. The van der Waals surface area contributed by atoms with Crippen LogP contribution in [0.15, 0.2) is 23.3 Å². The molecule has 0 saturated heterocycles. The fourth-order valence-electron chi connectivity index (χ4n) is 2.56. The lowest BCUT2D eigenvalue weighted by atomic mass is 9.80. The van der Waals surface area contributed by atoms with E-state index in [0.717, 1.165) is 11.1 Å². The van der Waals surface area contributed by atoms with Crippen LogP contribution in [0.1, 0.15) is 38.3 Å². The first-order chi connectivity index (χ1) is 11.8. The molecule has 1 heterocycles. The second kappa shape index (κ2) is 6.57. The van der Waals surface area contributed by atoms with Gasteiger partial charge in [-0.25, -0.2) is 0 Å². The monoisotopic (exact) mass is 372 g/mol. The van der Waals surface area contributed by atoms with Crippen molar-refractivity contribution >= 4 is 11.6 Å². The molecule has 0 aromatic heterocycles. The van der Waals surface area contributed by atoms with Crippen molar-refractivity contribution in [3.8, 4) is 5.75 Å². The molecule has 0 unspecified atom stereocenters. The van der Waals surface area contributed by atoms with Crippen molar-refractivity contribution in [2.45, 2.75) is 52.9 Å². The molecule has 1 aliphatic rings.